The minimum Gasteiger partial charge on any atom is -0.504 e. The number of carbonyl (C=O) groups is 1. The van der Waals surface area contributed by atoms with Crippen LogP contribution in [0.3, 0.4) is 0 Å². The lowest BCUT2D eigenvalue weighted by molar-refractivity contribution is 0.0731. The quantitative estimate of drug-likeness (QED) is 0.360. The summed E-state index contributed by atoms with van der Waals surface area (Å²) < 4.78 is 10.4. The summed E-state index contributed by atoms with van der Waals surface area (Å²) in [4.78, 5) is 12.3. The number of phenolic OH excluding ortho intramolecular Hbond substituents is 4. The molecule has 134 valence electrons. The average Bonchev–Trinajstić information content (AvgIpc) is 2.59. The number of hydrogen-bond acceptors (Lipinski definition) is 7. The van der Waals surface area contributed by atoms with Crippen LogP contribution in [-0.4, -0.2) is 33.5 Å². The van der Waals surface area contributed by atoms with E-state index < -0.39 is 23.2 Å². The van der Waals surface area contributed by atoms with Gasteiger partial charge in [0, 0.05) is 5.56 Å². The molecule has 0 unspecified atom stereocenters. The first kappa shape index (κ1) is 18.3. The zero-order valence-electron chi connectivity index (χ0n) is 13.9. The molecule has 0 aliphatic heterocycles. The van der Waals surface area contributed by atoms with Crippen molar-refractivity contribution in [3.05, 3.63) is 35.4 Å². The molecule has 2 aromatic carbocycles. The SMILES string of the molecule is CCCCc1c(OC(=O)c2cc(O)c(O)c(O)c2)ccc(OC)c1O. The molecule has 0 saturated heterocycles. The summed E-state index contributed by atoms with van der Waals surface area (Å²) in [5.74, 6) is -2.53. The number of aromatic hydroxyl groups is 4. The molecule has 0 aromatic heterocycles. The molecule has 2 aromatic rings. The lowest BCUT2D eigenvalue weighted by Gasteiger charge is -2.14. The Bertz CT molecular complexity index is 760. The Morgan fingerprint density at radius 3 is 2.16 bits per heavy atom. The maximum absolute atomic E-state index is 12.3. The molecule has 0 aliphatic carbocycles. The summed E-state index contributed by atoms with van der Waals surface area (Å²) in [6, 6.07) is 4.93. The van der Waals surface area contributed by atoms with E-state index in [-0.39, 0.29) is 22.8 Å². The van der Waals surface area contributed by atoms with E-state index in [4.69, 9.17) is 9.47 Å². The Hall–Kier alpha value is -3.09. The zero-order chi connectivity index (χ0) is 18.6. The van der Waals surface area contributed by atoms with E-state index in [0.717, 1.165) is 25.0 Å². The third kappa shape index (κ3) is 3.88. The van der Waals surface area contributed by atoms with Crippen molar-refractivity contribution >= 4 is 5.97 Å². The summed E-state index contributed by atoms with van der Waals surface area (Å²) >= 11 is 0. The molecular formula is C18H20O7. The normalized spacial score (nSPS) is 10.5. The molecule has 0 saturated carbocycles. The van der Waals surface area contributed by atoms with Crippen molar-refractivity contribution in [2.75, 3.05) is 7.11 Å². The first-order valence-electron chi connectivity index (χ1n) is 7.75. The Labute approximate surface area is 144 Å². The van der Waals surface area contributed by atoms with E-state index >= 15 is 0 Å². The largest absolute Gasteiger partial charge is 0.504 e. The molecule has 0 spiro atoms. The van der Waals surface area contributed by atoms with Gasteiger partial charge in [-0.15, -0.1) is 0 Å². The van der Waals surface area contributed by atoms with Crippen LogP contribution in [-0.2, 0) is 6.42 Å². The number of benzene rings is 2. The summed E-state index contributed by atoms with van der Waals surface area (Å²) in [6.07, 6.45) is 2.13. The van der Waals surface area contributed by atoms with Gasteiger partial charge in [-0.25, -0.2) is 4.79 Å². The van der Waals surface area contributed by atoms with E-state index in [9.17, 15) is 25.2 Å². The van der Waals surface area contributed by atoms with Crippen LogP contribution in [0.1, 0.15) is 35.7 Å². The van der Waals surface area contributed by atoms with Gasteiger partial charge in [-0.2, -0.15) is 0 Å². The van der Waals surface area contributed by atoms with Gasteiger partial charge in [0.15, 0.2) is 28.7 Å². The summed E-state index contributed by atoms with van der Waals surface area (Å²) in [6.45, 7) is 1.99. The second-order valence-corrected chi connectivity index (χ2v) is 5.45. The number of carbonyl (C=O) groups excluding carboxylic acids is 1. The van der Waals surface area contributed by atoms with Crippen LogP contribution in [0.5, 0.6) is 34.5 Å². The van der Waals surface area contributed by atoms with Crippen molar-refractivity contribution < 1.29 is 34.7 Å². The number of hydrogen-bond donors (Lipinski definition) is 4. The topological polar surface area (TPSA) is 116 Å². The van der Waals surface area contributed by atoms with Crippen LogP contribution in [0, 0.1) is 0 Å². The monoisotopic (exact) mass is 348 g/mol. The minimum absolute atomic E-state index is 0.0994. The second-order valence-electron chi connectivity index (χ2n) is 5.45. The van der Waals surface area contributed by atoms with Gasteiger partial charge in [-0.3, -0.25) is 0 Å². The van der Waals surface area contributed by atoms with E-state index in [1.807, 2.05) is 6.92 Å². The van der Waals surface area contributed by atoms with Gasteiger partial charge < -0.3 is 29.9 Å². The van der Waals surface area contributed by atoms with Gasteiger partial charge >= 0.3 is 5.97 Å². The fourth-order valence-corrected chi connectivity index (χ4v) is 2.33. The maximum atomic E-state index is 12.3. The molecule has 0 aliphatic rings. The Morgan fingerprint density at radius 2 is 1.60 bits per heavy atom. The van der Waals surface area contributed by atoms with Gasteiger partial charge in [0.2, 0.25) is 0 Å². The van der Waals surface area contributed by atoms with Crippen molar-refractivity contribution in [3.8, 4) is 34.5 Å². The molecule has 0 heterocycles. The first-order valence-corrected chi connectivity index (χ1v) is 7.75. The maximum Gasteiger partial charge on any atom is 0.343 e. The van der Waals surface area contributed by atoms with Crippen molar-refractivity contribution in [2.45, 2.75) is 26.2 Å². The summed E-state index contributed by atoms with van der Waals surface area (Å²) in [5.41, 5.74) is 0.284. The highest BCUT2D eigenvalue weighted by atomic mass is 16.5. The molecule has 0 amide bonds. The van der Waals surface area contributed by atoms with Gasteiger partial charge in [0.05, 0.1) is 12.7 Å². The highest BCUT2D eigenvalue weighted by molar-refractivity contribution is 5.92. The smallest absolute Gasteiger partial charge is 0.343 e. The van der Waals surface area contributed by atoms with Crippen LogP contribution in [0.4, 0.5) is 0 Å². The number of unbranched alkanes of at least 4 members (excludes halogenated alkanes) is 1. The molecule has 25 heavy (non-hydrogen) atoms. The standard InChI is InChI=1S/C18H20O7/c1-3-4-5-11-14(6-7-15(24-2)16(11)21)25-18(23)10-8-12(19)17(22)13(20)9-10/h6-9,19-22H,3-5H2,1-2H3. The first-order chi connectivity index (χ1) is 11.9. The van der Waals surface area contributed by atoms with Gasteiger partial charge in [-0.1, -0.05) is 13.3 Å². The van der Waals surface area contributed by atoms with Gasteiger partial charge in [0.25, 0.3) is 0 Å². The molecule has 4 N–H and O–H groups in total. The van der Waals surface area contributed by atoms with Crippen molar-refractivity contribution in [1.82, 2.24) is 0 Å². The fraction of sp³-hybridized carbons (Fsp3) is 0.278. The zero-order valence-corrected chi connectivity index (χ0v) is 13.9. The van der Waals surface area contributed by atoms with Crippen LogP contribution in [0.2, 0.25) is 0 Å². The highest BCUT2D eigenvalue weighted by Gasteiger charge is 2.19. The van der Waals surface area contributed by atoms with E-state index in [0.29, 0.717) is 12.0 Å². The third-order valence-electron chi connectivity index (χ3n) is 3.71. The molecule has 0 bridgehead atoms. The van der Waals surface area contributed by atoms with E-state index in [2.05, 4.69) is 0 Å². The molecular weight excluding hydrogens is 328 g/mol. The lowest BCUT2D eigenvalue weighted by Crippen LogP contribution is -2.10. The van der Waals surface area contributed by atoms with Crippen molar-refractivity contribution in [2.24, 2.45) is 0 Å². The molecule has 7 heteroatoms. The number of ether oxygens (including phenoxy) is 2. The fourth-order valence-electron chi connectivity index (χ4n) is 2.33. The predicted octanol–water partition coefficient (Wildman–Crippen LogP) is 3.08. The number of esters is 1. The molecule has 2 rings (SSSR count). The lowest BCUT2D eigenvalue weighted by atomic mass is 10.1. The summed E-state index contributed by atoms with van der Waals surface area (Å²) in [7, 11) is 1.42. The van der Waals surface area contributed by atoms with Crippen molar-refractivity contribution in [3.63, 3.8) is 0 Å². The Balaban J connectivity index is 2.35. The average molecular weight is 348 g/mol. The third-order valence-corrected chi connectivity index (χ3v) is 3.71. The van der Waals surface area contributed by atoms with E-state index in [1.165, 1.54) is 19.2 Å². The Kier molecular flexibility index (Phi) is 5.59. The van der Waals surface area contributed by atoms with Crippen molar-refractivity contribution in [1.29, 1.82) is 0 Å². The van der Waals surface area contributed by atoms with Gasteiger partial charge in [0.1, 0.15) is 5.75 Å². The van der Waals surface area contributed by atoms with Crippen LogP contribution in [0.15, 0.2) is 24.3 Å². The molecule has 0 fully saturated rings. The number of phenols is 4. The molecule has 0 atom stereocenters. The van der Waals surface area contributed by atoms with E-state index in [1.54, 1.807) is 0 Å². The highest BCUT2D eigenvalue weighted by Crippen LogP contribution is 2.39. The molecule has 7 nitrogen and oxygen atoms in total. The minimum atomic E-state index is -0.854. The van der Waals surface area contributed by atoms with Crippen LogP contribution in [0.25, 0.3) is 0 Å². The summed E-state index contributed by atoms with van der Waals surface area (Å²) in [5, 5.41) is 38.6. The number of rotatable bonds is 6. The predicted molar refractivity (Wildman–Crippen MR) is 89.7 cm³/mol. The Morgan fingerprint density at radius 1 is 1.00 bits per heavy atom. The molecule has 0 radical (unpaired) electrons. The van der Waals surface area contributed by atoms with Gasteiger partial charge in [-0.05, 0) is 37.1 Å². The second kappa shape index (κ2) is 7.65. The van der Waals surface area contributed by atoms with Crippen LogP contribution < -0.4 is 9.47 Å². The van der Waals surface area contributed by atoms with Crippen LogP contribution >= 0.6 is 0 Å². The number of methoxy groups -OCH3 is 1.